The van der Waals surface area contributed by atoms with Crippen molar-refractivity contribution in [2.75, 3.05) is 11.9 Å². The van der Waals surface area contributed by atoms with E-state index in [9.17, 15) is 4.79 Å². The maximum atomic E-state index is 10.6. The van der Waals surface area contributed by atoms with Crippen LogP contribution in [0.15, 0.2) is 11.9 Å². The second-order valence-corrected chi connectivity index (χ2v) is 4.76. The van der Waals surface area contributed by atoms with Gasteiger partial charge in [0.15, 0.2) is 0 Å². The van der Waals surface area contributed by atoms with Crippen LogP contribution in [0.2, 0.25) is 0 Å². The van der Waals surface area contributed by atoms with Gasteiger partial charge in [-0.25, -0.2) is 9.97 Å². The quantitative estimate of drug-likeness (QED) is 0.850. The summed E-state index contributed by atoms with van der Waals surface area (Å²) >= 11 is 0. The molecular formula is C13H15N3O2. The predicted octanol–water partition coefficient (Wildman–Crippen LogP) is 1.86. The van der Waals surface area contributed by atoms with Crippen LogP contribution in [0.25, 0.3) is 5.57 Å². The highest BCUT2D eigenvalue weighted by Gasteiger charge is 2.27. The maximum absolute atomic E-state index is 10.6. The van der Waals surface area contributed by atoms with E-state index >= 15 is 0 Å². The zero-order valence-corrected chi connectivity index (χ0v) is 10.1. The Kier molecular flexibility index (Phi) is 2.74. The molecule has 5 nitrogen and oxygen atoms in total. The lowest BCUT2D eigenvalue weighted by Crippen LogP contribution is -2.15. The Bertz CT molecular complexity index is 537. The van der Waals surface area contributed by atoms with Crippen molar-refractivity contribution in [1.82, 2.24) is 9.97 Å². The van der Waals surface area contributed by atoms with Gasteiger partial charge in [0, 0.05) is 12.0 Å². The molecule has 1 aromatic rings. The molecule has 0 unspecified atom stereocenters. The van der Waals surface area contributed by atoms with E-state index in [-0.39, 0.29) is 6.54 Å². The monoisotopic (exact) mass is 245 g/mol. The van der Waals surface area contributed by atoms with Gasteiger partial charge in [-0.1, -0.05) is 5.57 Å². The van der Waals surface area contributed by atoms with Crippen molar-refractivity contribution in [2.45, 2.75) is 32.1 Å². The molecule has 0 saturated carbocycles. The molecule has 0 bridgehead atoms. The van der Waals surface area contributed by atoms with Gasteiger partial charge in [0.05, 0.1) is 5.69 Å². The third-order valence-corrected chi connectivity index (χ3v) is 3.60. The van der Waals surface area contributed by atoms with Crippen LogP contribution in [-0.2, 0) is 11.2 Å². The van der Waals surface area contributed by atoms with Gasteiger partial charge in [-0.3, -0.25) is 4.79 Å². The second-order valence-electron chi connectivity index (χ2n) is 4.76. The number of aromatic nitrogens is 2. The molecule has 3 rings (SSSR count). The molecule has 0 radical (unpaired) electrons. The molecule has 0 fully saturated rings. The van der Waals surface area contributed by atoms with Crippen LogP contribution in [0.1, 0.15) is 36.9 Å². The predicted molar refractivity (Wildman–Crippen MR) is 67.2 cm³/mol. The normalized spacial score (nSPS) is 17.3. The summed E-state index contributed by atoms with van der Waals surface area (Å²) in [4.78, 5) is 19.2. The number of anilines is 1. The third kappa shape index (κ3) is 1.85. The van der Waals surface area contributed by atoms with Crippen molar-refractivity contribution in [3.05, 3.63) is 23.2 Å². The number of hydrogen-bond acceptors (Lipinski definition) is 4. The van der Waals surface area contributed by atoms with Crippen molar-refractivity contribution in [3.63, 3.8) is 0 Å². The Morgan fingerprint density at radius 2 is 2.17 bits per heavy atom. The lowest BCUT2D eigenvalue weighted by Gasteiger charge is -2.15. The summed E-state index contributed by atoms with van der Waals surface area (Å²) in [6.07, 6.45) is 7.08. The van der Waals surface area contributed by atoms with Crippen molar-refractivity contribution >= 4 is 17.4 Å². The fourth-order valence-electron chi connectivity index (χ4n) is 2.83. The molecule has 0 saturated heterocycles. The summed E-state index contributed by atoms with van der Waals surface area (Å²) in [5.41, 5.74) is 4.93. The largest absolute Gasteiger partial charge is 0.480 e. The summed E-state index contributed by atoms with van der Waals surface area (Å²) in [6.45, 7) is -0.105. The van der Waals surface area contributed by atoms with Gasteiger partial charge in [0.25, 0.3) is 0 Å². The van der Waals surface area contributed by atoms with Gasteiger partial charge < -0.3 is 10.4 Å². The van der Waals surface area contributed by atoms with Crippen LogP contribution in [0, 0.1) is 0 Å². The number of allylic oxidation sites excluding steroid dienone is 2. The van der Waals surface area contributed by atoms with Crippen molar-refractivity contribution < 1.29 is 9.90 Å². The number of aliphatic carboxylic acids is 1. The van der Waals surface area contributed by atoms with Gasteiger partial charge in [-0.15, -0.1) is 0 Å². The van der Waals surface area contributed by atoms with Crippen LogP contribution < -0.4 is 5.32 Å². The third-order valence-electron chi connectivity index (χ3n) is 3.60. The molecule has 2 aliphatic rings. The van der Waals surface area contributed by atoms with Crippen molar-refractivity contribution in [3.8, 4) is 0 Å². The fourth-order valence-corrected chi connectivity index (χ4v) is 2.83. The average molecular weight is 245 g/mol. The minimum atomic E-state index is -0.877. The smallest absolute Gasteiger partial charge is 0.322 e. The first-order valence-electron chi connectivity index (χ1n) is 6.26. The number of fused-ring (bicyclic) bond motifs is 2. The summed E-state index contributed by atoms with van der Waals surface area (Å²) in [5.74, 6) is -0.201. The van der Waals surface area contributed by atoms with E-state index in [1.807, 2.05) is 0 Å². The molecular weight excluding hydrogens is 230 g/mol. The van der Waals surface area contributed by atoms with E-state index < -0.39 is 5.97 Å². The lowest BCUT2D eigenvalue weighted by molar-refractivity contribution is -0.134. The van der Waals surface area contributed by atoms with Crippen molar-refractivity contribution in [1.29, 1.82) is 0 Å². The van der Waals surface area contributed by atoms with Crippen LogP contribution in [0.3, 0.4) is 0 Å². The highest BCUT2D eigenvalue weighted by atomic mass is 16.4. The minimum Gasteiger partial charge on any atom is -0.480 e. The van der Waals surface area contributed by atoms with Crippen LogP contribution >= 0.6 is 0 Å². The van der Waals surface area contributed by atoms with Crippen LogP contribution in [0.4, 0.5) is 5.82 Å². The molecule has 1 heterocycles. The molecule has 0 spiro atoms. The summed E-state index contributed by atoms with van der Waals surface area (Å²) in [6, 6.07) is 0. The molecule has 2 N–H and O–H groups in total. The second kappa shape index (κ2) is 4.40. The molecule has 0 atom stereocenters. The highest BCUT2D eigenvalue weighted by molar-refractivity contribution is 5.83. The number of carboxylic acid groups (broad SMARTS) is 1. The van der Waals surface area contributed by atoms with Gasteiger partial charge in [0.2, 0.25) is 0 Å². The van der Waals surface area contributed by atoms with E-state index in [0.717, 1.165) is 30.5 Å². The number of hydrogen-bond donors (Lipinski definition) is 2. The number of carboxylic acids is 1. The average Bonchev–Trinajstić information content (AvgIpc) is 2.75. The number of carbonyl (C=O) groups is 1. The number of nitrogens with one attached hydrogen (secondary N) is 1. The Morgan fingerprint density at radius 3 is 3.00 bits per heavy atom. The van der Waals surface area contributed by atoms with Crippen molar-refractivity contribution in [2.24, 2.45) is 0 Å². The molecule has 1 aromatic heterocycles. The Balaban J connectivity index is 1.96. The molecule has 0 aliphatic heterocycles. The Hall–Kier alpha value is -1.91. The minimum absolute atomic E-state index is 0.105. The first-order chi connectivity index (χ1) is 8.75. The van der Waals surface area contributed by atoms with Gasteiger partial charge >= 0.3 is 5.97 Å². The van der Waals surface area contributed by atoms with Gasteiger partial charge in [0.1, 0.15) is 18.7 Å². The molecule has 5 heteroatoms. The van der Waals surface area contributed by atoms with E-state index in [4.69, 9.17) is 5.11 Å². The molecule has 0 aromatic carbocycles. The van der Waals surface area contributed by atoms with E-state index in [2.05, 4.69) is 15.3 Å². The van der Waals surface area contributed by atoms with E-state index in [1.165, 1.54) is 30.3 Å². The van der Waals surface area contributed by atoms with Gasteiger partial charge in [-0.05, 0) is 31.3 Å². The topological polar surface area (TPSA) is 75.1 Å². The van der Waals surface area contributed by atoms with Crippen LogP contribution in [0.5, 0.6) is 0 Å². The zero-order chi connectivity index (χ0) is 12.5. The fraction of sp³-hybridized carbons (Fsp3) is 0.462. The van der Waals surface area contributed by atoms with E-state index in [0.29, 0.717) is 5.82 Å². The van der Waals surface area contributed by atoms with E-state index in [1.54, 1.807) is 0 Å². The summed E-state index contributed by atoms with van der Waals surface area (Å²) in [7, 11) is 0. The van der Waals surface area contributed by atoms with Gasteiger partial charge in [-0.2, -0.15) is 0 Å². The molecule has 0 amide bonds. The maximum Gasteiger partial charge on any atom is 0.322 e. The number of rotatable bonds is 3. The zero-order valence-electron chi connectivity index (χ0n) is 10.1. The molecule has 2 aliphatic carbocycles. The SMILES string of the molecule is O=C(O)CNc1ncnc2c1C1=C(CCCC1)C2. The standard InChI is InChI=1S/C13H15N3O2/c17-11(18)6-14-13-12-9-4-2-1-3-8(9)5-10(12)15-7-16-13/h7H,1-6H2,(H,17,18)(H,14,15,16). The summed E-state index contributed by atoms with van der Waals surface area (Å²) < 4.78 is 0. The first-order valence-corrected chi connectivity index (χ1v) is 6.26. The Morgan fingerprint density at radius 1 is 1.33 bits per heavy atom. The van der Waals surface area contributed by atoms with Crippen LogP contribution in [-0.4, -0.2) is 27.6 Å². The first kappa shape index (κ1) is 11.2. The highest BCUT2D eigenvalue weighted by Crippen LogP contribution is 2.42. The lowest BCUT2D eigenvalue weighted by atomic mass is 9.92. The molecule has 94 valence electrons. The molecule has 18 heavy (non-hydrogen) atoms. The Labute approximate surface area is 105 Å². The summed E-state index contributed by atoms with van der Waals surface area (Å²) in [5, 5.41) is 11.6. The number of nitrogens with zero attached hydrogens (tertiary/aromatic N) is 2.